The van der Waals surface area contributed by atoms with Gasteiger partial charge in [-0.3, -0.25) is 0 Å². The van der Waals surface area contributed by atoms with Crippen molar-refractivity contribution in [1.29, 1.82) is 0 Å². The van der Waals surface area contributed by atoms with E-state index in [1.807, 2.05) is 13.8 Å². The smallest absolute Gasteiger partial charge is 0.283 e. The molecule has 0 aliphatic carbocycles. The van der Waals surface area contributed by atoms with Crippen molar-refractivity contribution in [2.24, 2.45) is 0 Å². The number of nitrogens with one attached hydrogen (secondary N) is 1. The molecule has 4 nitrogen and oxygen atoms in total. The van der Waals surface area contributed by atoms with Crippen LogP contribution in [0.4, 0.5) is 8.78 Å². The van der Waals surface area contributed by atoms with Crippen molar-refractivity contribution in [1.82, 2.24) is 4.72 Å². The fraction of sp³-hybridized carbons (Fsp3) is 0.500. The Morgan fingerprint density at radius 1 is 1.26 bits per heavy atom. The van der Waals surface area contributed by atoms with Crippen LogP contribution in [-0.4, -0.2) is 32.6 Å². The second-order valence-electron chi connectivity index (χ2n) is 4.56. The highest BCUT2D eigenvalue weighted by Crippen LogP contribution is 2.18. The number of halogens is 2. The van der Waals surface area contributed by atoms with Crippen LogP contribution in [0.15, 0.2) is 29.2 Å². The van der Waals surface area contributed by atoms with Crippen molar-refractivity contribution in [2.75, 3.05) is 13.2 Å². The standard InChI is InChI=1S/C12H17F2NO3S/c1-9(2)10-3-5-11(6-4-10)19(17,18)15-7-12(13,14)8-16/h3-6,9,15-16H,7-8H2,1-2H3. The molecule has 1 aromatic rings. The Hall–Kier alpha value is -1.05. The van der Waals surface area contributed by atoms with Crippen LogP contribution in [-0.2, 0) is 10.0 Å². The zero-order valence-electron chi connectivity index (χ0n) is 10.7. The lowest BCUT2D eigenvalue weighted by Crippen LogP contribution is -2.38. The molecule has 7 heteroatoms. The maximum Gasteiger partial charge on any atom is 0.283 e. The van der Waals surface area contributed by atoms with E-state index in [1.54, 1.807) is 16.9 Å². The minimum absolute atomic E-state index is 0.0781. The van der Waals surface area contributed by atoms with Gasteiger partial charge in [-0.2, -0.15) is 0 Å². The Morgan fingerprint density at radius 2 is 1.79 bits per heavy atom. The van der Waals surface area contributed by atoms with E-state index in [0.717, 1.165) is 5.56 Å². The number of benzene rings is 1. The van der Waals surface area contributed by atoms with E-state index >= 15 is 0 Å². The molecule has 108 valence electrons. The SMILES string of the molecule is CC(C)c1ccc(S(=O)(=O)NCC(F)(F)CO)cc1. The zero-order valence-corrected chi connectivity index (χ0v) is 11.5. The van der Waals surface area contributed by atoms with Gasteiger partial charge in [0.25, 0.3) is 5.92 Å². The summed E-state index contributed by atoms with van der Waals surface area (Å²) in [5.74, 6) is -3.21. The van der Waals surface area contributed by atoms with Gasteiger partial charge in [0, 0.05) is 0 Å². The molecule has 1 rings (SSSR count). The third kappa shape index (κ3) is 4.52. The van der Waals surface area contributed by atoms with E-state index in [-0.39, 0.29) is 10.8 Å². The summed E-state index contributed by atoms with van der Waals surface area (Å²) in [7, 11) is -3.99. The summed E-state index contributed by atoms with van der Waals surface area (Å²) < 4.78 is 50.9. The second kappa shape index (κ2) is 5.94. The first-order valence-electron chi connectivity index (χ1n) is 5.76. The molecule has 0 aromatic heterocycles. The maximum absolute atomic E-state index is 12.8. The summed E-state index contributed by atoms with van der Waals surface area (Å²) >= 11 is 0. The topological polar surface area (TPSA) is 66.4 Å². The highest BCUT2D eigenvalue weighted by atomic mass is 32.2. The number of sulfonamides is 1. The molecule has 0 bridgehead atoms. The van der Waals surface area contributed by atoms with Gasteiger partial charge in [0.15, 0.2) is 0 Å². The molecule has 0 saturated carbocycles. The van der Waals surface area contributed by atoms with Crippen LogP contribution < -0.4 is 4.72 Å². The Bertz CT molecular complexity index is 512. The van der Waals surface area contributed by atoms with E-state index in [2.05, 4.69) is 0 Å². The van der Waals surface area contributed by atoms with Gasteiger partial charge in [-0.1, -0.05) is 26.0 Å². The van der Waals surface area contributed by atoms with E-state index in [4.69, 9.17) is 5.11 Å². The quantitative estimate of drug-likeness (QED) is 0.839. The lowest BCUT2D eigenvalue weighted by Gasteiger charge is -2.14. The third-order valence-electron chi connectivity index (χ3n) is 2.61. The number of aliphatic hydroxyl groups is 1. The first kappa shape index (κ1) is 16.0. The highest BCUT2D eigenvalue weighted by molar-refractivity contribution is 7.89. The minimum atomic E-state index is -3.99. The molecule has 0 saturated heterocycles. The number of aliphatic hydroxyl groups excluding tert-OH is 1. The van der Waals surface area contributed by atoms with Crippen LogP contribution in [0.5, 0.6) is 0 Å². The fourth-order valence-corrected chi connectivity index (χ4v) is 2.43. The van der Waals surface area contributed by atoms with Gasteiger partial charge >= 0.3 is 0 Å². The first-order chi connectivity index (χ1) is 8.68. The van der Waals surface area contributed by atoms with Gasteiger partial charge in [0.2, 0.25) is 10.0 Å². The highest BCUT2D eigenvalue weighted by Gasteiger charge is 2.30. The van der Waals surface area contributed by atoms with Crippen molar-refractivity contribution in [2.45, 2.75) is 30.6 Å². The lowest BCUT2D eigenvalue weighted by atomic mass is 10.0. The van der Waals surface area contributed by atoms with Crippen molar-refractivity contribution in [3.8, 4) is 0 Å². The predicted octanol–water partition coefficient (Wildman–Crippen LogP) is 1.72. The van der Waals surface area contributed by atoms with Gasteiger partial charge in [0.1, 0.15) is 6.61 Å². The molecule has 0 amide bonds. The molecule has 1 aromatic carbocycles. The molecular weight excluding hydrogens is 276 g/mol. The largest absolute Gasteiger partial charge is 0.390 e. The zero-order chi connectivity index (χ0) is 14.7. The lowest BCUT2D eigenvalue weighted by molar-refractivity contribution is -0.0437. The Morgan fingerprint density at radius 3 is 2.21 bits per heavy atom. The van der Waals surface area contributed by atoms with E-state index in [0.29, 0.717) is 0 Å². The summed E-state index contributed by atoms with van der Waals surface area (Å²) in [4.78, 5) is -0.0781. The molecule has 0 spiro atoms. The predicted molar refractivity (Wildman–Crippen MR) is 67.8 cm³/mol. The van der Waals surface area contributed by atoms with E-state index in [1.165, 1.54) is 12.1 Å². The van der Waals surface area contributed by atoms with E-state index < -0.39 is 29.1 Å². The van der Waals surface area contributed by atoms with E-state index in [9.17, 15) is 17.2 Å². The number of hydrogen-bond donors (Lipinski definition) is 2. The molecule has 0 heterocycles. The van der Waals surface area contributed by atoms with Crippen LogP contribution in [0.25, 0.3) is 0 Å². The third-order valence-corrected chi connectivity index (χ3v) is 4.03. The van der Waals surface area contributed by atoms with Crippen LogP contribution in [0, 0.1) is 0 Å². The monoisotopic (exact) mass is 293 g/mol. The molecule has 0 atom stereocenters. The maximum atomic E-state index is 12.8. The van der Waals surface area contributed by atoms with Gasteiger partial charge < -0.3 is 5.11 Å². The average Bonchev–Trinajstić information content (AvgIpc) is 2.37. The van der Waals surface area contributed by atoms with Crippen molar-refractivity contribution < 1.29 is 22.3 Å². The summed E-state index contributed by atoms with van der Waals surface area (Å²) in [6, 6.07) is 6.02. The second-order valence-corrected chi connectivity index (χ2v) is 6.33. The summed E-state index contributed by atoms with van der Waals surface area (Å²) in [5.41, 5.74) is 0.958. The first-order valence-corrected chi connectivity index (χ1v) is 7.24. The number of rotatable bonds is 6. The molecule has 0 aliphatic rings. The number of alkyl halides is 2. The van der Waals surface area contributed by atoms with Gasteiger partial charge in [-0.15, -0.1) is 0 Å². The number of hydrogen-bond acceptors (Lipinski definition) is 3. The fourth-order valence-electron chi connectivity index (χ4n) is 1.37. The normalized spacial score (nSPS) is 12.9. The molecule has 0 radical (unpaired) electrons. The average molecular weight is 293 g/mol. The summed E-state index contributed by atoms with van der Waals surface area (Å²) in [5, 5.41) is 8.37. The molecule has 2 N–H and O–H groups in total. The van der Waals surface area contributed by atoms with Crippen molar-refractivity contribution in [3.05, 3.63) is 29.8 Å². The summed E-state index contributed by atoms with van der Waals surface area (Å²) in [6.45, 7) is 1.40. The molecule has 0 unspecified atom stereocenters. The van der Waals surface area contributed by atoms with Crippen molar-refractivity contribution >= 4 is 10.0 Å². The van der Waals surface area contributed by atoms with Gasteiger partial charge in [0.05, 0.1) is 11.4 Å². The Kier molecular flexibility index (Phi) is 5.00. The van der Waals surface area contributed by atoms with Crippen molar-refractivity contribution in [3.63, 3.8) is 0 Å². The van der Waals surface area contributed by atoms with Crippen LogP contribution >= 0.6 is 0 Å². The van der Waals surface area contributed by atoms with Gasteiger partial charge in [-0.25, -0.2) is 21.9 Å². The Labute approximate surface area is 111 Å². The molecule has 0 fully saturated rings. The minimum Gasteiger partial charge on any atom is -0.390 e. The summed E-state index contributed by atoms with van der Waals surface area (Å²) in [6.07, 6.45) is 0. The molecular formula is C12H17F2NO3S. The van der Waals surface area contributed by atoms with Crippen LogP contribution in [0.1, 0.15) is 25.3 Å². The molecule has 19 heavy (non-hydrogen) atoms. The van der Waals surface area contributed by atoms with Crippen LogP contribution in [0.2, 0.25) is 0 Å². The molecule has 0 aliphatic heterocycles. The Balaban J connectivity index is 2.83. The van der Waals surface area contributed by atoms with Gasteiger partial charge in [-0.05, 0) is 23.6 Å². The van der Waals surface area contributed by atoms with Crippen LogP contribution in [0.3, 0.4) is 0 Å².